The number of nitrogens with zero attached hydrogens (tertiary/aromatic N) is 3. The van der Waals surface area contributed by atoms with Crippen LogP contribution in [0.5, 0.6) is 0 Å². The first-order chi connectivity index (χ1) is 8.31. The number of aromatic nitrogens is 1. The first kappa shape index (κ1) is 11.9. The molecule has 4 nitrogen and oxygen atoms in total. The van der Waals surface area contributed by atoms with E-state index in [1.165, 1.54) is 6.42 Å². The minimum absolute atomic E-state index is 0.492. The van der Waals surface area contributed by atoms with Crippen LogP contribution in [-0.2, 0) is 4.74 Å². The third kappa shape index (κ3) is 2.95. The summed E-state index contributed by atoms with van der Waals surface area (Å²) in [6.07, 6.45) is 3.99. The van der Waals surface area contributed by atoms with Crippen LogP contribution < -0.4 is 4.90 Å². The number of ether oxygens (including phenoxy) is 1. The predicted octanol–water partition coefficient (Wildman–Crippen LogP) is 1.82. The van der Waals surface area contributed by atoms with Crippen molar-refractivity contribution in [3.05, 3.63) is 24.0 Å². The lowest BCUT2D eigenvalue weighted by atomic mass is 10.0. The third-order valence-electron chi connectivity index (χ3n) is 3.09. The predicted molar refractivity (Wildman–Crippen MR) is 65.8 cm³/mol. The van der Waals surface area contributed by atoms with E-state index in [-0.39, 0.29) is 0 Å². The third-order valence-corrected chi connectivity index (χ3v) is 3.09. The molecule has 0 aromatic carbocycles. The van der Waals surface area contributed by atoms with Gasteiger partial charge in [0.25, 0.3) is 0 Å². The van der Waals surface area contributed by atoms with E-state index >= 15 is 0 Å². The average molecular weight is 231 g/mol. The molecule has 0 bridgehead atoms. The zero-order chi connectivity index (χ0) is 12.1. The summed E-state index contributed by atoms with van der Waals surface area (Å²) in [6, 6.07) is 5.93. The van der Waals surface area contributed by atoms with Crippen molar-refractivity contribution in [3.8, 4) is 6.07 Å². The van der Waals surface area contributed by atoms with Gasteiger partial charge in [0.1, 0.15) is 6.07 Å². The number of hydrogen-bond donors (Lipinski definition) is 0. The molecule has 1 atom stereocenters. The molecule has 0 amide bonds. The van der Waals surface area contributed by atoms with Crippen LogP contribution in [0.1, 0.15) is 18.5 Å². The summed E-state index contributed by atoms with van der Waals surface area (Å²) < 4.78 is 5.47. The molecular formula is C13H17N3O. The highest BCUT2D eigenvalue weighted by Gasteiger charge is 2.17. The van der Waals surface area contributed by atoms with E-state index in [2.05, 4.69) is 16.0 Å². The second-order valence-electron chi connectivity index (χ2n) is 4.45. The van der Waals surface area contributed by atoms with Crippen molar-refractivity contribution in [2.75, 3.05) is 31.7 Å². The second kappa shape index (κ2) is 5.65. The molecule has 1 aliphatic heterocycles. The SMILES string of the molecule is CN(CC1CCCOC1)c1cccnc1C#N. The van der Waals surface area contributed by atoms with Gasteiger partial charge < -0.3 is 9.64 Å². The van der Waals surface area contributed by atoms with Crippen LogP contribution in [0.25, 0.3) is 0 Å². The van der Waals surface area contributed by atoms with Gasteiger partial charge in [-0.3, -0.25) is 0 Å². The molecule has 1 aromatic heterocycles. The Kier molecular flexibility index (Phi) is 3.94. The Morgan fingerprint density at radius 2 is 2.53 bits per heavy atom. The molecule has 0 spiro atoms. The van der Waals surface area contributed by atoms with Crippen LogP contribution in [0, 0.1) is 17.2 Å². The Labute approximate surface area is 102 Å². The summed E-state index contributed by atoms with van der Waals surface area (Å²) in [4.78, 5) is 6.18. The smallest absolute Gasteiger partial charge is 0.163 e. The van der Waals surface area contributed by atoms with Crippen LogP contribution in [0.2, 0.25) is 0 Å². The minimum atomic E-state index is 0.492. The first-order valence-electron chi connectivity index (χ1n) is 5.95. The molecule has 0 N–H and O–H groups in total. The first-order valence-corrected chi connectivity index (χ1v) is 5.95. The van der Waals surface area contributed by atoms with Gasteiger partial charge in [-0.05, 0) is 30.9 Å². The van der Waals surface area contributed by atoms with Crippen molar-refractivity contribution in [1.82, 2.24) is 4.98 Å². The highest BCUT2D eigenvalue weighted by Crippen LogP contribution is 2.20. The Morgan fingerprint density at radius 3 is 3.24 bits per heavy atom. The van der Waals surface area contributed by atoms with Crippen molar-refractivity contribution in [2.24, 2.45) is 5.92 Å². The van der Waals surface area contributed by atoms with Gasteiger partial charge in [-0.1, -0.05) is 0 Å². The molecule has 0 aliphatic carbocycles. The van der Waals surface area contributed by atoms with Crippen molar-refractivity contribution < 1.29 is 4.74 Å². The number of pyridine rings is 1. The van der Waals surface area contributed by atoms with Gasteiger partial charge in [-0.2, -0.15) is 5.26 Å². The monoisotopic (exact) mass is 231 g/mol. The van der Waals surface area contributed by atoms with E-state index in [1.54, 1.807) is 6.20 Å². The summed E-state index contributed by atoms with van der Waals surface area (Å²) in [7, 11) is 2.01. The fourth-order valence-electron chi connectivity index (χ4n) is 2.23. The quantitative estimate of drug-likeness (QED) is 0.796. The van der Waals surface area contributed by atoms with Gasteiger partial charge in [0.2, 0.25) is 0 Å². The number of hydrogen-bond acceptors (Lipinski definition) is 4. The summed E-state index contributed by atoms with van der Waals surface area (Å²) in [5.74, 6) is 0.556. The minimum Gasteiger partial charge on any atom is -0.381 e. The average Bonchev–Trinajstić information content (AvgIpc) is 2.40. The highest BCUT2D eigenvalue weighted by atomic mass is 16.5. The van der Waals surface area contributed by atoms with Crippen LogP contribution in [-0.4, -0.2) is 31.8 Å². The zero-order valence-electron chi connectivity index (χ0n) is 10.1. The summed E-state index contributed by atoms with van der Waals surface area (Å²) >= 11 is 0. The van der Waals surface area contributed by atoms with Crippen molar-refractivity contribution >= 4 is 5.69 Å². The molecule has 17 heavy (non-hydrogen) atoms. The van der Waals surface area contributed by atoms with E-state index in [9.17, 15) is 0 Å². The lowest BCUT2D eigenvalue weighted by Gasteiger charge is -2.28. The van der Waals surface area contributed by atoms with Gasteiger partial charge in [-0.15, -0.1) is 0 Å². The molecule has 0 radical (unpaired) electrons. The Hall–Kier alpha value is -1.60. The van der Waals surface area contributed by atoms with E-state index in [1.807, 2.05) is 19.2 Å². The zero-order valence-corrected chi connectivity index (χ0v) is 10.1. The van der Waals surface area contributed by atoms with Crippen LogP contribution in [0.3, 0.4) is 0 Å². The summed E-state index contributed by atoms with van der Waals surface area (Å²) in [6.45, 7) is 2.63. The molecule has 1 saturated heterocycles. The molecule has 90 valence electrons. The summed E-state index contributed by atoms with van der Waals surface area (Å²) in [5.41, 5.74) is 1.40. The lowest BCUT2D eigenvalue weighted by Crippen LogP contribution is -2.31. The van der Waals surface area contributed by atoms with E-state index in [0.29, 0.717) is 11.6 Å². The Morgan fingerprint density at radius 1 is 1.65 bits per heavy atom. The van der Waals surface area contributed by atoms with Crippen molar-refractivity contribution in [3.63, 3.8) is 0 Å². The normalized spacial score (nSPS) is 19.6. The van der Waals surface area contributed by atoms with Crippen LogP contribution >= 0.6 is 0 Å². The molecule has 1 aliphatic rings. The van der Waals surface area contributed by atoms with Gasteiger partial charge in [-0.25, -0.2) is 4.98 Å². The molecule has 1 unspecified atom stereocenters. The highest BCUT2D eigenvalue weighted by molar-refractivity contribution is 5.55. The molecule has 0 saturated carbocycles. The molecule has 1 aromatic rings. The molecule has 2 rings (SSSR count). The topological polar surface area (TPSA) is 49.1 Å². The van der Waals surface area contributed by atoms with E-state index in [4.69, 9.17) is 10.00 Å². The summed E-state index contributed by atoms with van der Waals surface area (Å²) in [5, 5.41) is 9.01. The van der Waals surface area contributed by atoms with E-state index < -0.39 is 0 Å². The maximum absolute atomic E-state index is 9.01. The van der Waals surface area contributed by atoms with Crippen molar-refractivity contribution in [1.29, 1.82) is 5.26 Å². The number of anilines is 1. The molecule has 1 fully saturated rings. The van der Waals surface area contributed by atoms with Crippen LogP contribution in [0.4, 0.5) is 5.69 Å². The Balaban J connectivity index is 2.03. The second-order valence-corrected chi connectivity index (χ2v) is 4.45. The van der Waals surface area contributed by atoms with E-state index in [0.717, 1.165) is 31.9 Å². The Bertz CT molecular complexity index is 407. The largest absolute Gasteiger partial charge is 0.381 e. The fourth-order valence-corrected chi connectivity index (χ4v) is 2.23. The fraction of sp³-hybridized carbons (Fsp3) is 0.538. The van der Waals surface area contributed by atoms with Gasteiger partial charge >= 0.3 is 0 Å². The number of rotatable bonds is 3. The van der Waals surface area contributed by atoms with Crippen molar-refractivity contribution in [2.45, 2.75) is 12.8 Å². The van der Waals surface area contributed by atoms with Crippen LogP contribution in [0.15, 0.2) is 18.3 Å². The molecule has 2 heterocycles. The molecular weight excluding hydrogens is 214 g/mol. The van der Waals surface area contributed by atoms with Gasteiger partial charge in [0.05, 0.1) is 12.3 Å². The molecule has 4 heteroatoms. The van der Waals surface area contributed by atoms with Gasteiger partial charge in [0.15, 0.2) is 5.69 Å². The number of nitriles is 1. The maximum Gasteiger partial charge on any atom is 0.163 e. The maximum atomic E-state index is 9.01. The lowest BCUT2D eigenvalue weighted by molar-refractivity contribution is 0.0576. The van der Waals surface area contributed by atoms with Gasteiger partial charge in [0, 0.05) is 26.4 Å². The standard InChI is InChI=1S/C13H17N3O/c1-16(9-11-4-3-7-17-10-11)13-5-2-6-15-12(13)8-14/h2,5-6,11H,3-4,7,9-10H2,1H3.